The van der Waals surface area contributed by atoms with Crippen LogP contribution in [-0.2, 0) is 26.5 Å². The van der Waals surface area contributed by atoms with Crippen molar-refractivity contribution >= 4 is 42.1 Å². The average Bonchev–Trinajstić information content (AvgIpc) is 3.56. The molecule has 1 aliphatic carbocycles. The summed E-state index contributed by atoms with van der Waals surface area (Å²) in [6.45, 7) is 3.35. The molecule has 0 spiro atoms. The topological polar surface area (TPSA) is 104 Å². The first kappa shape index (κ1) is 23.8. The third-order valence-corrected chi connectivity index (χ3v) is 10.8. The van der Waals surface area contributed by atoms with E-state index in [0.717, 1.165) is 22.3 Å². The van der Waals surface area contributed by atoms with Crippen molar-refractivity contribution in [2.75, 3.05) is 0 Å². The highest BCUT2D eigenvalue weighted by Crippen LogP contribution is 2.39. The smallest absolute Gasteiger partial charge is 0.232 e. The Morgan fingerprint density at radius 3 is 1.44 bits per heavy atom. The molecule has 0 saturated carbocycles. The molecule has 0 unspecified atom stereocenters. The fraction of sp³-hybridized carbons (Fsp3) is 0.103. The molecule has 1 aliphatic rings. The molecule has 0 atom stereocenters. The van der Waals surface area contributed by atoms with Crippen LogP contribution in [0.5, 0.6) is 0 Å². The molecule has 2 aromatic heterocycles. The van der Waals surface area contributed by atoms with Crippen molar-refractivity contribution < 1.29 is 16.8 Å². The highest BCUT2D eigenvalue weighted by Gasteiger charge is 2.28. The van der Waals surface area contributed by atoms with Gasteiger partial charge < -0.3 is 0 Å². The zero-order chi connectivity index (χ0) is 27.1. The van der Waals surface area contributed by atoms with Crippen LogP contribution in [0.4, 0.5) is 0 Å². The number of benzene rings is 4. The van der Waals surface area contributed by atoms with Crippen molar-refractivity contribution in [3.63, 3.8) is 0 Å². The van der Waals surface area contributed by atoms with E-state index in [0.29, 0.717) is 40.1 Å². The zero-order valence-corrected chi connectivity index (χ0v) is 22.7. The van der Waals surface area contributed by atoms with Crippen LogP contribution in [0.25, 0.3) is 33.2 Å². The first-order valence-electron chi connectivity index (χ1n) is 12.3. The first-order chi connectivity index (χ1) is 18.7. The summed E-state index contributed by atoms with van der Waals surface area (Å²) in [5.74, 6) is 0.773. The van der Waals surface area contributed by atoms with Gasteiger partial charge >= 0.3 is 0 Å². The van der Waals surface area contributed by atoms with Gasteiger partial charge in [-0.3, -0.25) is 0 Å². The van der Waals surface area contributed by atoms with Gasteiger partial charge in [-0.05, 0) is 91.1 Å². The number of para-hydroxylation sites is 4. The maximum Gasteiger partial charge on any atom is 0.269 e. The summed E-state index contributed by atoms with van der Waals surface area (Å²) < 4.78 is 57.3. The molecule has 0 radical (unpaired) electrons. The maximum atomic E-state index is 13.7. The van der Waals surface area contributed by atoms with Crippen molar-refractivity contribution in [2.24, 2.45) is 0 Å². The van der Waals surface area contributed by atoms with Crippen LogP contribution in [0.15, 0.2) is 94.7 Å². The van der Waals surface area contributed by atoms with Gasteiger partial charge in [0.15, 0.2) is 0 Å². The standard InChI is InChI=1S/C29H22N4O4S2/c1-18-30-26-7-3-5-9-28(26)32(18)38(34,35)22-11-13-24-20(16-22)15-21-17-23(12-14-25(21)24)39(36,37)33-19(2)31-27-8-4-6-10-29(27)33/h3-14,16-17H,15H2,1-2H3. The van der Waals surface area contributed by atoms with Gasteiger partial charge in [-0.25, -0.2) is 34.7 Å². The second-order valence-electron chi connectivity index (χ2n) is 9.65. The molecular formula is C29H22N4O4S2. The molecule has 39 heavy (non-hydrogen) atoms. The van der Waals surface area contributed by atoms with Crippen molar-refractivity contribution in [3.8, 4) is 11.1 Å². The first-order valence-corrected chi connectivity index (χ1v) is 15.2. The molecule has 0 saturated heterocycles. The Bertz CT molecular complexity index is 2050. The number of imidazole rings is 2. The number of hydrogen-bond acceptors (Lipinski definition) is 6. The fourth-order valence-electron chi connectivity index (χ4n) is 5.55. The van der Waals surface area contributed by atoms with Gasteiger partial charge in [0.05, 0.1) is 31.9 Å². The minimum atomic E-state index is -3.90. The monoisotopic (exact) mass is 554 g/mol. The van der Waals surface area contributed by atoms with Crippen molar-refractivity contribution in [3.05, 3.63) is 108 Å². The van der Waals surface area contributed by atoms with E-state index in [2.05, 4.69) is 9.97 Å². The molecule has 8 nitrogen and oxygen atoms in total. The third kappa shape index (κ3) is 3.41. The minimum Gasteiger partial charge on any atom is -0.232 e. The summed E-state index contributed by atoms with van der Waals surface area (Å²) in [7, 11) is -7.80. The molecule has 7 rings (SSSR count). The van der Waals surface area contributed by atoms with Gasteiger partial charge in [0.25, 0.3) is 20.0 Å². The molecular weight excluding hydrogens is 532 g/mol. The molecule has 0 fully saturated rings. The number of rotatable bonds is 4. The Kier molecular flexibility index (Phi) is 4.95. The second kappa shape index (κ2) is 8.11. The van der Waals surface area contributed by atoms with Crippen LogP contribution in [-0.4, -0.2) is 34.7 Å². The zero-order valence-electron chi connectivity index (χ0n) is 21.0. The lowest BCUT2D eigenvalue weighted by Gasteiger charge is -2.11. The van der Waals surface area contributed by atoms with Crippen molar-refractivity contribution in [1.82, 2.24) is 17.9 Å². The number of fused-ring (bicyclic) bond motifs is 5. The number of nitrogens with zero attached hydrogens (tertiary/aromatic N) is 4. The predicted octanol–water partition coefficient (Wildman–Crippen LogP) is 5.05. The molecule has 2 heterocycles. The van der Waals surface area contributed by atoms with E-state index in [-0.39, 0.29) is 9.79 Å². The minimum absolute atomic E-state index is 0.161. The summed E-state index contributed by atoms with van der Waals surface area (Å²) >= 11 is 0. The van der Waals surface area contributed by atoms with E-state index >= 15 is 0 Å². The molecule has 0 amide bonds. The summed E-state index contributed by atoms with van der Waals surface area (Å²) in [6, 6.07) is 24.4. The Labute approximate surface area is 225 Å². The summed E-state index contributed by atoms with van der Waals surface area (Å²) in [5.41, 5.74) is 5.71. The van der Waals surface area contributed by atoms with Gasteiger partial charge in [0.1, 0.15) is 11.6 Å². The van der Waals surface area contributed by atoms with Crippen LogP contribution in [0.2, 0.25) is 0 Å². The largest absolute Gasteiger partial charge is 0.269 e. The van der Waals surface area contributed by atoms with Crippen LogP contribution >= 0.6 is 0 Å². The SMILES string of the molecule is Cc1nc2ccccc2n1S(=O)(=O)c1ccc2c(c1)Cc1cc(S(=O)(=O)n3c(C)nc4ccccc43)ccc1-2. The van der Waals surface area contributed by atoms with E-state index in [4.69, 9.17) is 0 Å². The van der Waals surface area contributed by atoms with Crippen LogP contribution < -0.4 is 0 Å². The van der Waals surface area contributed by atoms with Crippen LogP contribution in [0.1, 0.15) is 22.8 Å². The Morgan fingerprint density at radius 1 is 0.590 bits per heavy atom. The Balaban J connectivity index is 1.29. The summed E-state index contributed by atoms with van der Waals surface area (Å²) in [6.07, 6.45) is 0.421. The van der Waals surface area contributed by atoms with Crippen LogP contribution in [0.3, 0.4) is 0 Å². The Morgan fingerprint density at radius 2 is 1.00 bits per heavy atom. The fourth-order valence-corrected chi connectivity index (χ4v) is 8.64. The maximum absolute atomic E-state index is 13.7. The lowest BCUT2D eigenvalue weighted by Crippen LogP contribution is -2.14. The normalized spacial score (nSPS) is 13.2. The molecule has 0 bridgehead atoms. The molecule has 10 heteroatoms. The quantitative estimate of drug-likeness (QED) is 0.302. The molecule has 194 valence electrons. The van der Waals surface area contributed by atoms with Gasteiger partial charge in [-0.2, -0.15) is 0 Å². The number of hydrogen-bond donors (Lipinski definition) is 0. The summed E-state index contributed by atoms with van der Waals surface area (Å²) in [5, 5.41) is 0. The van der Waals surface area contributed by atoms with Gasteiger partial charge in [-0.1, -0.05) is 36.4 Å². The molecule has 6 aromatic rings. The van der Waals surface area contributed by atoms with E-state index in [1.807, 2.05) is 12.1 Å². The van der Waals surface area contributed by atoms with E-state index in [1.54, 1.807) is 86.6 Å². The van der Waals surface area contributed by atoms with Gasteiger partial charge in [0, 0.05) is 0 Å². The third-order valence-electron chi connectivity index (χ3n) is 7.25. The van der Waals surface area contributed by atoms with Crippen molar-refractivity contribution in [2.45, 2.75) is 30.1 Å². The van der Waals surface area contributed by atoms with Crippen LogP contribution in [0, 0.1) is 13.8 Å². The number of aromatic nitrogens is 4. The Hall–Kier alpha value is -4.28. The van der Waals surface area contributed by atoms with Gasteiger partial charge in [0.2, 0.25) is 0 Å². The van der Waals surface area contributed by atoms with E-state index < -0.39 is 20.0 Å². The lowest BCUT2D eigenvalue weighted by atomic mass is 10.1. The van der Waals surface area contributed by atoms with Gasteiger partial charge in [-0.15, -0.1) is 0 Å². The number of aryl methyl sites for hydroxylation is 2. The van der Waals surface area contributed by atoms with Crippen molar-refractivity contribution in [1.29, 1.82) is 0 Å². The predicted molar refractivity (Wildman–Crippen MR) is 149 cm³/mol. The average molecular weight is 555 g/mol. The van der Waals surface area contributed by atoms with E-state index in [9.17, 15) is 16.8 Å². The lowest BCUT2D eigenvalue weighted by molar-refractivity contribution is 0.585. The highest BCUT2D eigenvalue weighted by molar-refractivity contribution is 7.90. The summed E-state index contributed by atoms with van der Waals surface area (Å²) in [4.78, 5) is 9.14. The molecule has 0 N–H and O–H groups in total. The molecule has 0 aliphatic heterocycles. The van der Waals surface area contributed by atoms with E-state index in [1.165, 1.54) is 7.94 Å². The molecule has 4 aromatic carbocycles. The highest BCUT2D eigenvalue weighted by atomic mass is 32.2. The second-order valence-corrected chi connectivity index (χ2v) is 13.2.